The molecule has 0 atom stereocenters. The molecule has 0 unspecified atom stereocenters. The van der Waals surface area contributed by atoms with Gasteiger partial charge in [-0.3, -0.25) is 4.79 Å². The van der Waals surface area contributed by atoms with E-state index in [9.17, 15) is 9.18 Å². The highest BCUT2D eigenvalue weighted by Crippen LogP contribution is 2.27. The van der Waals surface area contributed by atoms with Crippen molar-refractivity contribution in [1.82, 2.24) is 0 Å². The van der Waals surface area contributed by atoms with E-state index in [0.717, 1.165) is 0 Å². The summed E-state index contributed by atoms with van der Waals surface area (Å²) < 4.78 is 13.4. The first-order valence-corrected chi connectivity index (χ1v) is 4.83. The van der Waals surface area contributed by atoms with E-state index in [2.05, 4.69) is 4.99 Å². The van der Waals surface area contributed by atoms with Gasteiger partial charge in [-0.15, -0.1) is 11.6 Å². The van der Waals surface area contributed by atoms with Gasteiger partial charge in [0.15, 0.2) is 12.1 Å². The number of nitrogens with two attached hydrogens (primary N) is 1. The van der Waals surface area contributed by atoms with Crippen LogP contribution in [0.2, 0.25) is 5.02 Å². The largest absolute Gasteiger partial charge is 0.386 e. The van der Waals surface area contributed by atoms with Crippen molar-refractivity contribution in [2.45, 2.75) is 0 Å². The number of carbonyl (C=O) groups is 1. The molecular weight excluding hydrogens is 242 g/mol. The van der Waals surface area contributed by atoms with Crippen molar-refractivity contribution in [1.29, 1.82) is 0 Å². The molecule has 0 spiro atoms. The van der Waals surface area contributed by atoms with Crippen LogP contribution >= 0.6 is 23.2 Å². The van der Waals surface area contributed by atoms with Crippen LogP contribution in [0.4, 0.5) is 10.1 Å². The second kappa shape index (κ2) is 5.09. The van der Waals surface area contributed by atoms with E-state index >= 15 is 0 Å². The van der Waals surface area contributed by atoms with Gasteiger partial charge in [-0.05, 0) is 12.1 Å². The van der Waals surface area contributed by atoms with Crippen LogP contribution in [-0.2, 0) is 0 Å². The summed E-state index contributed by atoms with van der Waals surface area (Å²) in [6, 6.07) is 2.67. The summed E-state index contributed by atoms with van der Waals surface area (Å²) in [4.78, 5) is 14.1. The van der Waals surface area contributed by atoms with Gasteiger partial charge < -0.3 is 5.73 Å². The van der Waals surface area contributed by atoms with Crippen molar-refractivity contribution in [3.05, 3.63) is 28.5 Å². The average molecular weight is 249 g/mol. The van der Waals surface area contributed by atoms with Crippen molar-refractivity contribution in [2.75, 3.05) is 5.88 Å². The summed E-state index contributed by atoms with van der Waals surface area (Å²) >= 11 is 11.0. The van der Waals surface area contributed by atoms with Crippen LogP contribution in [0.1, 0.15) is 10.4 Å². The molecule has 0 amide bonds. The van der Waals surface area contributed by atoms with Gasteiger partial charge in [0.25, 0.3) is 0 Å². The minimum Gasteiger partial charge on any atom is -0.386 e. The lowest BCUT2D eigenvalue weighted by Gasteiger charge is -2.02. The molecule has 0 fully saturated rings. The van der Waals surface area contributed by atoms with Crippen LogP contribution in [0, 0.1) is 5.82 Å². The van der Waals surface area contributed by atoms with Crippen LogP contribution in [0.25, 0.3) is 0 Å². The summed E-state index contributed by atoms with van der Waals surface area (Å²) in [5, 5.41) is -0.270. The molecule has 0 aromatic heterocycles. The number of aldehydes is 1. The van der Waals surface area contributed by atoms with Crippen LogP contribution in [0.5, 0.6) is 0 Å². The van der Waals surface area contributed by atoms with Gasteiger partial charge in [0, 0.05) is 5.56 Å². The lowest BCUT2D eigenvalue weighted by molar-refractivity contribution is 0.112. The average Bonchev–Trinajstić information content (AvgIpc) is 2.25. The van der Waals surface area contributed by atoms with Crippen LogP contribution in [-0.4, -0.2) is 18.0 Å². The number of alkyl halides is 1. The minimum atomic E-state index is -0.783. The van der Waals surface area contributed by atoms with E-state index in [4.69, 9.17) is 28.9 Å². The summed E-state index contributed by atoms with van der Waals surface area (Å²) in [6.07, 6.45) is 0.462. The Morgan fingerprint density at radius 3 is 2.80 bits per heavy atom. The number of aliphatic imine (C=N–C) groups is 1. The molecule has 0 aliphatic carbocycles. The molecule has 1 aromatic carbocycles. The molecular formula is C9H7Cl2FN2O. The fourth-order valence-electron chi connectivity index (χ4n) is 0.916. The highest BCUT2D eigenvalue weighted by Gasteiger charge is 2.10. The van der Waals surface area contributed by atoms with Crippen LogP contribution in [0.3, 0.4) is 0 Å². The maximum atomic E-state index is 13.4. The Hall–Kier alpha value is -1.13. The molecule has 0 aliphatic rings. The van der Waals surface area contributed by atoms with Gasteiger partial charge in [-0.1, -0.05) is 11.6 Å². The topological polar surface area (TPSA) is 55.4 Å². The zero-order chi connectivity index (χ0) is 11.4. The smallest absolute Gasteiger partial charge is 0.168 e. The highest BCUT2D eigenvalue weighted by atomic mass is 35.5. The van der Waals surface area contributed by atoms with Crippen molar-refractivity contribution in [3.8, 4) is 0 Å². The predicted molar refractivity (Wildman–Crippen MR) is 58.8 cm³/mol. The number of amidine groups is 1. The molecule has 2 N–H and O–H groups in total. The van der Waals surface area contributed by atoms with Gasteiger partial charge in [0.1, 0.15) is 11.5 Å². The highest BCUT2D eigenvalue weighted by molar-refractivity contribution is 6.33. The number of rotatable bonds is 3. The second-order valence-electron chi connectivity index (χ2n) is 2.66. The number of carbonyl (C=O) groups excluding carboxylic acids is 1. The van der Waals surface area contributed by atoms with E-state index in [-0.39, 0.29) is 28.0 Å². The SMILES string of the molecule is NC(CCl)=Nc1ccc(C=O)c(Cl)c1F. The third-order valence-corrected chi connectivity index (χ3v) is 2.28. The number of nitrogens with zero attached hydrogens (tertiary/aromatic N) is 1. The quantitative estimate of drug-likeness (QED) is 0.387. The molecule has 0 heterocycles. The molecule has 0 bridgehead atoms. The molecule has 0 aliphatic heterocycles. The summed E-state index contributed by atoms with van der Waals surface area (Å²) in [6.45, 7) is 0. The van der Waals surface area contributed by atoms with E-state index in [1.165, 1.54) is 12.1 Å². The van der Waals surface area contributed by atoms with Crippen LogP contribution in [0.15, 0.2) is 17.1 Å². The Morgan fingerprint density at radius 1 is 1.60 bits per heavy atom. The normalized spacial score (nSPS) is 11.5. The van der Waals surface area contributed by atoms with E-state index in [0.29, 0.717) is 6.29 Å². The summed E-state index contributed by atoms with van der Waals surface area (Å²) in [7, 11) is 0. The number of halogens is 3. The Bertz CT molecular complexity index is 421. The lowest BCUT2D eigenvalue weighted by Crippen LogP contribution is -2.12. The van der Waals surface area contributed by atoms with Crippen molar-refractivity contribution in [3.63, 3.8) is 0 Å². The van der Waals surface area contributed by atoms with Gasteiger partial charge in [0.2, 0.25) is 0 Å². The maximum absolute atomic E-state index is 13.4. The van der Waals surface area contributed by atoms with E-state index in [1.54, 1.807) is 0 Å². The van der Waals surface area contributed by atoms with E-state index < -0.39 is 5.82 Å². The van der Waals surface area contributed by atoms with Gasteiger partial charge in [0.05, 0.1) is 10.9 Å². The molecule has 15 heavy (non-hydrogen) atoms. The van der Waals surface area contributed by atoms with E-state index in [1.807, 2.05) is 0 Å². The molecule has 80 valence electrons. The minimum absolute atomic E-state index is 0.00745. The predicted octanol–water partition coefficient (Wildman–Crippen LogP) is 2.52. The first-order chi connectivity index (χ1) is 7.10. The lowest BCUT2D eigenvalue weighted by atomic mass is 10.2. The third-order valence-electron chi connectivity index (χ3n) is 1.62. The Kier molecular flexibility index (Phi) is 4.05. The fraction of sp³-hybridized carbons (Fsp3) is 0.111. The van der Waals surface area contributed by atoms with Gasteiger partial charge in [-0.25, -0.2) is 9.38 Å². The molecule has 0 saturated carbocycles. The zero-order valence-corrected chi connectivity index (χ0v) is 9.02. The summed E-state index contributed by atoms with van der Waals surface area (Å²) in [5.74, 6) is -0.716. The second-order valence-corrected chi connectivity index (χ2v) is 3.30. The molecule has 6 heteroatoms. The zero-order valence-electron chi connectivity index (χ0n) is 7.51. The summed E-state index contributed by atoms with van der Waals surface area (Å²) in [5.41, 5.74) is 5.36. The molecule has 0 saturated heterocycles. The van der Waals surface area contributed by atoms with Crippen molar-refractivity contribution < 1.29 is 9.18 Å². The molecule has 0 radical (unpaired) electrons. The molecule has 1 rings (SSSR count). The number of hydrogen-bond acceptors (Lipinski definition) is 2. The Labute approximate surface area is 95.7 Å². The fourth-order valence-corrected chi connectivity index (χ4v) is 1.18. The number of hydrogen-bond donors (Lipinski definition) is 1. The van der Waals surface area contributed by atoms with Crippen LogP contribution < -0.4 is 5.73 Å². The van der Waals surface area contributed by atoms with Gasteiger partial charge in [-0.2, -0.15) is 0 Å². The van der Waals surface area contributed by atoms with Crippen molar-refractivity contribution in [2.24, 2.45) is 10.7 Å². The molecule has 1 aromatic rings. The van der Waals surface area contributed by atoms with Crippen molar-refractivity contribution >= 4 is 41.0 Å². The first-order valence-electron chi connectivity index (χ1n) is 3.92. The Balaban J connectivity index is 3.23. The standard InChI is InChI=1S/C9H7Cl2FN2O/c10-3-7(13)14-6-2-1-5(4-15)8(11)9(6)12/h1-2,4H,3H2,(H2,13,14). The number of benzene rings is 1. The third kappa shape index (κ3) is 2.67. The maximum Gasteiger partial charge on any atom is 0.168 e. The first kappa shape index (κ1) is 11.9. The molecule has 3 nitrogen and oxygen atoms in total. The van der Waals surface area contributed by atoms with Gasteiger partial charge >= 0.3 is 0 Å². The Morgan fingerprint density at radius 2 is 2.27 bits per heavy atom. The monoisotopic (exact) mass is 248 g/mol.